The number of hydrogen-bond acceptors (Lipinski definition) is 4. The number of carbonyl (C=O) groups is 2. The summed E-state index contributed by atoms with van der Waals surface area (Å²) in [6, 6.07) is 6.86. The highest BCUT2D eigenvalue weighted by Crippen LogP contribution is 2.32. The second kappa shape index (κ2) is 9.40. The summed E-state index contributed by atoms with van der Waals surface area (Å²) in [5.41, 5.74) is 6.26. The van der Waals surface area contributed by atoms with Crippen LogP contribution in [0.1, 0.15) is 23.2 Å². The topological polar surface area (TPSA) is 72.2 Å². The van der Waals surface area contributed by atoms with Crippen molar-refractivity contribution >= 4 is 47.5 Å². The van der Waals surface area contributed by atoms with Gasteiger partial charge in [-0.25, -0.2) is 0 Å². The van der Waals surface area contributed by atoms with E-state index in [0.29, 0.717) is 23.0 Å². The Hall–Kier alpha value is -0.750. The van der Waals surface area contributed by atoms with Crippen LogP contribution in [-0.4, -0.2) is 35.8 Å². The molecule has 0 radical (unpaired) electrons. The van der Waals surface area contributed by atoms with Gasteiger partial charge in [-0.15, -0.1) is 24.2 Å². The minimum absolute atomic E-state index is 0. The second-order valence-corrected chi connectivity index (χ2v) is 6.59. The molecule has 22 heavy (non-hydrogen) atoms. The lowest BCUT2D eigenvalue weighted by atomic mass is 10.1. The maximum atomic E-state index is 11.9. The maximum Gasteiger partial charge on any atom is 0.230 e. The molecule has 122 valence electrons. The zero-order valence-electron chi connectivity index (χ0n) is 12.1. The lowest BCUT2D eigenvalue weighted by molar-refractivity contribution is -0.119. The van der Waals surface area contributed by atoms with Gasteiger partial charge in [-0.3, -0.25) is 9.59 Å². The summed E-state index contributed by atoms with van der Waals surface area (Å²) in [4.78, 5) is 23.7. The fraction of sp³-hybridized carbons (Fsp3) is 0.467. The van der Waals surface area contributed by atoms with Gasteiger partial charge in [0.1, 0.15) is 0 Å². The predicted molar refractivity (Wildman–Crippen MR) is 94.1 cm³/mol. The molecule has 1 atom stereocenters. The van der Waals surface area contributed by atoms with Crippen LogP contribution < -0.4 is 11.1 Å². The van der Waals surface area contributed by atoms with E-state index in [0.717, 1.165) is 12.8 Å². The molecule has 1 aliphatic rings. The van der Waals surface area contributed by atoms with Gasteiger partial charge in [0.15, 0.2) is 5.78 Å². The first kappa shape index (κ1) is 19.3. The van der Waals surface area contributed by atoms with Crippen molar-refractivity contribution < 1.29 is 9.59 Å². The molecule has 0 heterocycles. The molecule has 1 amide bonds. The number of carbonyl (C=O) groups excluding carboxylic acids is 2. The van der Waals surface area contributed by atoms with Gasteiger partial charge < -0.3 is 11.1 Å². The zero-order valence-corrected chi connectivity index (χ0v) is 14.5. The zero-order chi connectivity index (χ0) is 15.2. The Morgan fingerprint density at radius 3 is 2.45 bits per heavy atom. The number of benzene rings is 1. The first-order chi connectivity index (χ1) is 10.1. The largest absolute Gasteiger partial charge is 0.351 e. The summed E-state index contributed by atoms with van der Waals surface area (Å²) in [5.74, 6) is 1.06. The van der Waals surface area contributed by atoms with Gasteiger partial charge in [-0.1, -0.05) is 11.6 Å². The average molecular weight is 363 g/mol. The van der Waals surface area contributed by atoms with Crippen LogP contribution in [-0.2, 0) is 4.79 Å². The van der Waals surface area contributed by atoms with Gasteiger partial charge in [0, 0.05) is 23.2 Å². The molecule has 1 fully saturated rings. The van der Waals surface area contributed by atoms with Crippen molar-refractivity contribution in [1.29, 1.82) is 0 Å². The van der Waals surface area contributed by atoms with Crippen molar-refractivity contribution in [3.8, 4) is 0 Å². The third-order valence-corrected chi connectivity index (χ3v) is 4.61. The number of hydrogen-bond donors (Lipinski definition) is 2. The highest BCUT2D eigenvalue weighted by Gasteiger charge is 2.31. The molecule has 0 spiro atoms. The van der Waals surface area contributed by atoms with Gasteiger partial charge in [-0.05, 0) is 43.0 Å². The Balaban J connectivity index is 0.00000242. The van der Waals surface area contributed by atoms with Crippen LogP contribution in [0.25, 0.3) is 0 Å². The summed E-state index contributed by atoms with van der Waals surface area (Å²) in [6.45, 7) is 0.477. The SMILES string of the molecule is Cl.NCC(NC(=O)CSCC(=O)c1ccc(Cl)cc1)C1CC1. The summed E-state index contributed by atoms with van der Waals surface area (Å²) < 4.78 is 0. The number of nitrogens with two attached hydrogens (primary N) is 1. The van der Waals surface area contributed by atoms with Crippen LogP contribution in [0, 0.1) is 5.92 Å². The quantitative estimate of drug-likeness (QED) is 0.697. The number of rotatable bonds is 8. The monoisotopic (exact) mass is 362 g/mol. The number of thioether (sulfide) groups is 1. The third kappa shape index (κ3) is 6.16. The van der Waals surface area contributed by atoms with Crippen LogP contribution in [0.15, 0.2) is 24.3 Å². The molecule has 4 nitrogen and oxygen atoms in total. The van der Waals surface area contributed by atoms with Gasteiger partial charge in [0.05, 0.1) is 11.5 Å². The molecule has 2 rings (SSSR count). The average Bonchev–Trinajstić information content (AvgIpc) is 3.30. The van der Waals surface area contributed by atoms with Crippen LogP contribution >= 0.6 is 35.8 Å². The maximum absolute atomic E-state index is 11.9. The second-order valence-electron chi connectivity index (χ2n) is 5.17. The third-order valence-electron chi connectivity index (χ3n) is 3.42. The number of amides is 1. The molecule has 1 aromatic carbocycles. The van der Waals surface area contributed by atoms with Gasteiger partial charge in [0.2, 0.25) is 5.91 Å². The van der Waals surface area contributed by atoms with Crippen molar-refractivity contribution in [3.63, 3.8) is 0 Å². The summed E-state index contributed by atoms with van der Waals surface area (Å²) in [6.07, 6.45) is 2.29. The molecule has 3 N–H and O–H groups in total. The number of ketones is 1. The first-order valence-corrected chi connectivity index (χ1v) is 8.49. The lowest BCUT2D eigenvalue weighted by Gasteiger charge is -2.15. The molecule has 1 aliphatic carbocycles. The van der Waals surface area contributed by atoms with E-state index in [9.17, 15) is 9.59 Å². The van der Waals surface area contributed by atoms with Crippen LogP contribution in [0.2, 0.25) is 5.02 Å². The van der Waals surface area contributed by atoms with Crippen molar-refractivity contribution in [1.82, 2.24) is 5.32 Å². The first-order valence-electron chi connectivity index (χ1n) is 6.96. The molecule has 1 saturated carbocycles. The van der Waals surface area contributed by atoms with E-state index in [1.54, 1.807) is 24.3 Å². The number of Topliss-reactive ketones (excluding diaryl/α,β-unsaturated/α-hetero) is 1. The molecule has 1 aromatic rings. The van der Waals surface area contributed by atoms with E-state index < -0.39 is 0 Å². The van der Waals surface area contributed by atoms with E-state index in [1.807, 2.05) is 0 Å². The van der Waals surface area contributed by atoms with Gasteiger partial charge >= 0.3 is 0 Å². The van der Waals surface area contributed by atoms with E-state index in [1.165, 1.54) is 11.8 Å². The van der Waals surface area contributed by atoms with Crippen LogP contribution in [0.4, 0.5) is 0 Å². The standard InChI is InChI=1S/C15H19ClN2O2S.ClH/c16-12-5-3-11(4-6-12)14(19)8-21-9-15(20)18-13(7-17)10-1-2-10;/h3-6,10,13H,1-2,7-9,17H2,(H,18,20);1H. The van der Waals surface area contributed by atoms with Crippen molar-refractivity contribution in [2.45, 2.75) is 18.9 Å². The fourth-order valence-corrected chi connectivity index (χ4v) is 2.92. The van der Waals surface area contributed by atoms with E-state index in [4.69, 9.17) is 17.3 Å². The molecular formula is C15H20Cl2N2O2S. The van der Waals surface area contributed by atoms with Crippen LogP contribution in [0.3, 0.4) is 0 Å². The predicted octanol–water partition coefficient (Wildman–Crippen LogP) is 2.53. The Morgan fingerprint density at radius 2 is 1.91 bits per heavy atom. The summed E-state index contributed by atoms with van der Waals surface area (Å²) >= 11 is 7.09. The lowest BCUT2D eigenvalue weighted by Crippen LogP contribution is -2.42. The molecule has 7 heteroatoms. The highest BCUT2D eigenvalue weighted by atomic mass is 35.5. The Kier molecular flexibility index (Phi) is 8.25. The van der Waals surface area contributed by atoms with Gasteiger partial charge in [0.25, 0.3) is 0 Å². The fourth-order valence-electron chi connectivity index (χ4n) is 2.07. The Morgan fingerprint density at radius 1 is 1.27 bits per heavy atom. The molecule has 0 bridgehead atoms. The molecule has 0 saturated heterocycles. The molecule has 0 aliphatic heterocycles. The summed E-state index contributed by atoms with van der Waals surface area (Å²) in [5, 5.41) is 3.54. The number of halogens is 2. The van der Waals surface area contributed by atoms with Crippen molar-refractivity contribution in [3.05, 3.63) is 34.9 Å². The van der Waals surface area contributed by atoms with Crippen molar-refractivity contribution in [2.24, 2.45) is 11.7 Å². The minimum atomic E-state index is -0.0498. The normalized spacial score (nSPS) is 14.8. The van der Waals surface area contributed by atoms with Gasteiger partial charge in [-0.2, -0.15) is 0 Å². The van der Waals surface area contributed by atoms with E-state index in [-0.39, 0.29) is 41.6 Å². The molecule has 0 aromatic heterocycles. The molecular weight excluding hydrogens is 343 g/mol. The van der Waals surface area contributed by atoms with E-state index in [2.05, 4.69) is 5.32 Å². The van der Waals surface area contributed by atoms with Crippen LogP contribution in [0.5, 0.6) is 0 Å². The summed E-state index contributed by atoms with van der Waals surface area (Å²) in [7, 11) is 0. The van der Waals surface area contributed by atoms with Crippen molar-refractivity contribution in [2.75, 3.05) is 18.1 Å². The highest BCUT2D eigenvalue weighted by molar-refractivity contribution is 8.00. The number of nitrogens with one attached hydrogen (secondary N) is 1. The smallest absolute Gasteiger partial charge is 0.230 e. The Labute approximate surface area is 146 Å². The van der Waals surface area contributed by atoms with E-state index >= 15 is 0 Å². The molecule has 1 unspecified atom stereocenters. The minimum Gasteiger partial charge on any atom is -0.351 e. The Bertz CT molecular complexity index is 507.